The molecule has 0 aliphatic heterocycles. The van der Waals surface area contributed by atoms with Gasteiger partial charge in [0.1, 0.15) is 5.75 Å². The lowest BCUT2D eigenvalue weighted by molar-refractivity contribution is 0.389. The molecule has 1 aromatic carbocycles. The standard InChI is InChI=1S/C20H36N4O.HI/c1-21-20(22-15-11-7-6-8-12-16-23(2)3)24(4)17-18-13-9-10-14-19(18)25-5;/h9-10,13-14H,6-8,11-12,15-17H2,1-5H3,(H,21,22);1H. The molecule has 1 aromatic rings. The molecule has 0 heterocycles. The van der Waals surface area contributed by atoms with Crippen molar-refractivity contribution >= 4 is 29.9 Å². The predicted octanol–water partition coefficient (Wildman–Crippen LogP) is 3.83. The lowest BCUT2D eigenvalue weighted by Gasteiger charge is -2.23. The molecule has 0 aliphatic carbocycles. The second kappa shape index (κ2) is 15.1. The number of benzene rings is 1. The van der Waals surface area contributed by atoms with Crippen molar-refractivity contribution in [3.05, 3.63) is 29.8 Å². The molecule has 1 rings (SSSR count). The molecule has 0 bridgehead atoms. The van der Waals surface area contributed by atoms with Crippen molar-refractivity contribution in [3.63, 3.8) is 0 Å². The summed E-state index contributed by atoms with van der Waals surface area (Å²) in [6, 6.07) is 8.12. The van der Waals surface area contributed by atoms with Crippen molar-refractivity contribution in [2.24, 2.45) is 4.99 Å². The summed E-state index contributed by atoms with van der Waals surface area (Å²) in [5.74, 6) is 1.85. The third-order valence-electron chi connectivity index (χ3n) is 4.24. The summed E-state index contributed by atoms with van der Waals surface area (Å²) in [4.78, 5) is 8.78. The second-order valence-electron chi connectivity index (χ2n) is 6.71. The van der Waals surface area contributed by atoms with Crippen LogP contribution in [0.5, 0.6) is 5.75 Å². The van der Waals surface area contributed by atoms with Crippen LogP contribution in [0.25, 0.3) is 0 Å². The van der Waals surface area contributed by atoms with Gasteiger partial charge in [-0.15, -0.1) is 24.0 Å². The summed E-state index contributed by atoms with van der Waals surface area (Å²) < 4.78 is 5.43. The number of para-hydroxylation sites is 1. The van der Waals surface area contributed by atoms with Gasteiger partial charge < -0.3 is 19.9 Å². The van der Waals surface area contributed by atoms with Gasteiger partial charge in [-0.2, -0.15) is 0 Å². The highest BCUT2D eigenvalue weighted by atomic mass is 127. The molecule has 0 saturated heterocycles. The molecule has 0 atom stereocenters. The first-order valence-electron chi connectivity index (χ1n) is 9.27. The van der Waals surface area contributed by atoms with Crippen LogP contribution >= 0.6 is 24.0 Å². The minimum atomic E-state index is 0. The van der Waals surface area contributed by atoms with E-state index in [4.69, 9.17) is 4.74 Å². The van der Waals surface area contributed by atoms with E-state index in [0.29, 0.717) is 0 Å². The van der Waals surface area contributed by atoms with E-state index in [1.807, 2.05) is 25.2 Å². The van der Waals surface area contributed by atoms with Gasteiger partial charge in [-0.05, 0) is 39.5 Å². The number of methoxy groups -OCH3 is 1. The number of hydrogen-bond acceptors (Lipinski definition) is 3. The number of halogens is 1. The summed E-state index contributed by atoms with van der Waals surface area (Å²) in [5.41, 5.74) is 1.16. The number of nitrogens with zero attached hydrogens (tertiary/aromatic N) is 3. The van der Waals surface area contributed by atoms with Crippen molar-refractivity contribution in [2.45, 2.75) is 38.6 Å². The molecule has 0 aromatic heterocycles. The molecule has 0 aliphatic rings. The van der Waals surface area contributed by atoms with E-state index in [9.17, 15) is 0 Å². The maximum Gasteiger partial charge on any atom is 0.193 e. The highest BCUT2D eigenvalue weighted by Crippen LogP contribution is 2.18. The number of unbranched alkanes of at least 4 members (excludes halogenated alkanes) is 4. The summed E-state index contributed by atoms with van der Waals surface area (Å²) >= 11 is 0. The van der Waals surface area contributed by atoms with E-state index in [0.717, 1.165) is 30.4 Å². The van der Waals surface area contributed by atoms with Crippen LogP contribution in [0.1, 0.15) is 37.7 Å². The Morgan fingerprint density at radius 1 is 1.04 bits per heavy atom. The molecule has 0 radical (unpaired) electrons. The molecule has 0 spiro atoms. The highest BCUT2D eigenvalue weighted by Gasteiger charge is 2.09. The van der Waals surface area contributed by atoms with E-state index in [1.54, 1.807) is 7.11 Å². The maximum absolute atomic E-state index is 5.43. The number of aliphatic imine (C=N–C) groups is 1. The van der Waals surface area contributed by atoms with E-state index in [1.165, 1.54) is 38.6 Å². The fourth-order valence-corrected chi connectivity index (χ4v) is 2.83. The highest BCUT2D eigenvalue weighted by molar-refractivity contribution is 14.0. The van der Waals surface area contributed by atoms with Gasteiger partial charge >= 0.3 is 0 Å². The smallest absolute Gasteiger partial charge is 0.193 e. The minimum Gasteiger partial charge on any atom is -0.496 e. The van der Waals surface area contributed by atoms with Gasteiger partial charge in [0, 0.05) is 32.7 Å². The Morgan fingerprint density at radius 3 is 2.35 bits per heavy atom. The number of rotatable bonds is 11. The molecule has 1 N–H and O–H groups in total. The summed E-state index contributed by atoms with van der Waals surface area (Å²) in [5, 5.41) is 3.46. The summed E-state index contributed by atoms with van der Waals surface area (Å²) in [7, 11) is 9.88. The summed E-state index contributed by atoms with van der Waals surface area (Å²) in [6.07, 6.45) is 6.38. The minimum absolute atomic E-state index is 0. The quantitative estimate of drug-likeness (QED) is 0.228. The van der Waals surface area contributed by atoms with Crippen molar-refractivity contribution in [1.29, 1.82) is 0 Å². The van der Waals surface area contributed by atoms with Crippen molar-refractivity contribution < 1.29 is 4.74 Å². The van der Waals surface area contributed by atoms with Crippen molar-refractivity contribution in [1.82, 2.24) is 15.1 Å². The largest absolute Gasteiger partial charge is 0.496 e. The fraction of sp³-hybridized carbons (Fsp3) is 0.650. The number of nitrogens with one attached hydrogen (secondary N) is 1. The lowest BCUT2D eigenvalue weighted by atomic mass is 10.1. The van der Waals surface area contributed by atoms with E-state index >= 15 is 0 Å². The van der Waals surface area contributed by atoms with Crippen LogP contribution in [-0.2, 0) is 6.54 Å². The SMILES string of the molecule is CN=C(NCCCCCCCN(C)C)N(C)Cc1ccccc1OC.I. The summed E-state index contributed by atoms with van der Waals surface area (Å²) in [6.45, 7) is 2.93. The number of ether oxygens (including phenoxy) is 1. The van der Waals surface area contributed by atoms with E-state index < -0.39 is 0 Å². The molecule has 0 fully saturated rings. The van der Waals surface area contributed by atoms with Gasteiger partial charge in [0.2, 0.25) is 0 Å². The molecule has 26 heavy (non-hydrogen) atoms. The molecular weight excluding hydrogens is 439 g/mol. The van der Waals surface area contributed by atoms with Gasteiger partial charge in [0.05, 0.1) is 7.11 Å². The number of guanidine groups is 1. The van der Waals surface area contributed by atoms with Gasteiger partial charge in [-0.1, -0.05) is 37.5 Å². The van der Waals surface area contributed by atoms with Crippen LogP contribution in [-0.4, -0.2) is 64.1 Å². The molecule has 6 heteroatoms. The molecular formula is C20H37IN4O. The Kier molecular flexibility index (Phi) is 14.5. The first kappa shape index (κ1) is 25.0. The van der Waals surface area contributed by atoms with Crippen LogP contribution in [0, 0.1) is 0 Å². The van der Waals surface area contributed by atoms with Crippen LogP contribution < -0.4 is 10.1 Å². The zero-order valence-electron chi connectivity index (χ0n) is 17.1. The van der Waals surface area contributed by atoms with Crippen LogP contribution in [0.15, 0.2) is 29.3 Å². The van der Waals surface area contributed by atoms with Gasteiger partial charge in [0.25, 0.3) is 0 Å². The van der Waals surface area contributed by atoms with Crippen LogP contribution in [0.3, 0.4) is 0 Å². The zero-order valence-corrected chi connectivity index (χ0v) is 19.5. The predicted molar refractivity (Wildman–Crippen MR) is 123 cm³/mol. The Hall–Kier alpha value is -1.02. The Labute approximate surface area is 177 Å². The maximum atomic E-state index is 5.43. The first-order chi connectivity index (χ1) is 12.1. The zero-order chi connectivity index (χ0) is 18.5. The molecule has 0 saturated carbocycles. The van der Waals surface area contributed by atoms with Crippen LogP contribution in [0.2, 0.25) is 0 Å². The normalized spacial score (nSPS) is 11.2. The Morgan fingerprint density at radius 2 is 1.69 bits per heavy atom. The van der Waals surface area contributed by atoms with E-state index in [2.05, 4.69) is 47.3 Å². The Bertz CT molecular complexity index is 508. The van der Waals surface area contributed by atoms with E-state index in [-0.39, 0.29) is 24.0 Å². The van der Waals surface area contributed by atoms with Crippen LogP contribution in [0.4, 0.5) is 0 Å². The molecule has 0 unspecified atom stereocenters. The van der Waals surface area contributed by atoms with Crippen molar-refractivity contribution in [3.8, 4) is 5.75 Å². The van der Waals surface area contributed by atoms with Gasteiger partial charge in [-0.25, -0.2) is 0 Å². The molecule has 5 nitrogen and oxygen atoms in total. The average molecular weight is 476 g/mol. The third-order valence-corrected chi connectivity index (χ3v) is 4.24. The second-order valence-corrected chi connectivity index (χ2v) is 6.71. The van der Waals surface area contributed by atoms with Gasteiger partial charge in [-0.3, -0.25) is 4.99 Å². The fourth-order valence-electron chi connectivity index (χ4n) is 2.83. The molecule has 0 amide bonds. The average Bonchev–Trinajstić information content (AvgIpc) is 2.60. The molecule has 150 valence electrons. The topological polar surface area (TPSA) is 40.1 Å². The third kappa shape index (κ3) is 10.2. The Balaban J connectivity index is 0.00000625. The van der Waals surface area contributed by atoms with Gasteiger partial charge in [0.15, 0.2) is 5.96 Å². The monoisotopic (exact) mass is 476 g/mol. The van der Waals surface area contributed by atoms with Crippen molar-refractivity contribution in [2.75, 3.05) is 48.4 Å². The lowest BCUT2D eigenvalue weighted by Crippen LogP contribution is -2.38. The first-order valence-corrected chi connectivity index (χ1v) is 9.27. The number of hydrogen-bond donors (Lipinski definition) is 1.